The third-order valence-electron chi connectivity index (χ3n) is 3.12. The number of benzene rings is 2. The maximum Gasteiger partial charge on any atom is 0.210 e. The normalized spacial score (nSPS) is 10.5. The van der Waals surface area contributed by atoms with Crippen molar-refractivity contribution in [1.29, 1.82) is 0 Å². The minimum atomic E-state index is 0.613. The van der Waals surface area contributed by atoms with Crippen LogP contribution in [0.5, 0.6) is 11.5 Å². The monoisotopic (exact) mass is 437 g/mol. The Bertz CT molecular complexity index is 812. The van der Waals surface area contributed by atoms with Crippen molar-refractivity contribution >= 4 is 49.8 Å². The molecule has 5 nitrogen and oxygen atoms in total. The molecule has 0 bridgehead atoms. The molecule has 0 amide bonds. The molecule has 0 spiro atoms. The van der Waals surface area contributed by atoms with E-state index in [0.29, 0.717) is 6.61 Å². The summed E-state index contributed by atoms with van der Waals surface area (Å²) in [4.78, 5) is 0. The van der Waals surface area contributed by atoms with Crippen LogP contribution in [0.2, 0.25) is 0 Å². The summed E-state index contributed by atoms with van der Waals surface area (Å²) < 4.78 is 12.8. The molecule has 1 N–H and O–H groups in total. The maximum absolute atomic E-state index is 5.71. The lowest BCUT2D eigenvalue weighted by atomic mass is 10.3. The number of hydrogen-bond donors (Lipinski definition) is 1. The van der Waals surface area contributed by atoms with Gasteiger partial charge in [0.25, 0.3) is 0 Å². The largest absolute Gasteiger partial charge is 0.497 e. The van der Waals surface area contributed by atoms with Gasteiger partial charge in [0, 0.05) is 15.9 Å². The summed E-state index contributed by atoms with van der Waals surface area (Å²) in [6, 6.07) is 15.5. The molecule has 25 heavy (non-hydrogen) atoms. The van der Waals surface area contributed by atoms with Gasteiger partial charge < -0.3 is 14.8 Å². The van der Waals surface area contributed by atoms with E-state index >= 15 is 0 Å². The van der Waals surface area contributed by atoms with Crippen LogP contribution in [0.4, 0.5) is 10.8 Å². The molecule has 0 aliphatic rings. The second-order valence-corrected chi connectivity index (χ2v) is 8.12. The van der Waals surface area contributed by atoms with Crippen LogP contribution in [0, 0.1) is 0 Å². The molecule has 0 unspecified atom stereocenters. The van der Waals surface area contributed by atoms with E-state index in [1.165, 1.54) is 11.3 Å². The van der Waals surface area contributed by atoms with Crippen LogP contribution >= 0.6 is 39.0 Å². The third-order valence-corrected chi connectivity index (χ3v) is 5.55. The molecule has 1 heterocycles. The number of nitrogens with zero attached hydrogens (tertiary/aromatic N) is 2. The number of nitrogens with one attached hydrogen (secondary N) is 1. The smallest absolute Gasteiger partial charge is 0.210 e. The Balaban J connectivity index is 1.45. The lowest BCUT2D eigenvalue weighted by Gasteiger charge is -2.05. The number of aromatic nitrogens is 2. The highest BCUT2D eigenvalue weighted by molar-refractivity contribution is 9.10. The summed E-state index contributed by atoms with van der Waals surface area (Å²) in [6.07, 6.45) is 0. The second-order valence-electron chi connectivity index (χ2n) is 4.88. The Hall–Kier alpha value is -1.77. The van der Waals surface area contributed by atoms with Crippen molar-refractivity contribution in [3.05, 3.63) is 53.0 Å². The van der Waals surface area contributed by atoms with Gasteiger partial charge in [0.15, 0.2) is 4.34 Å². The number of halogens is 1. The predicted octanol–water partition coefficient (Wildman–Crippen LogP) is 5.22. The van der Waals surface area contributed by atoms with Gasteiger partial charge in [-0.15, -0.1) is 10.2 Å². The van der Waals surface area contributed by atoms with Gasteiger partial charge in [0.05, 0.1) is 13.7 Å². The fourth-order valence-corrected chi connectivity index (χ4v) is 4.00. The molecule has 3 rings (SSSR count). The van der Waals surface area contributed by atoms with Crippen LogP contribution < -0.4 is 14.8 Å². The summed E-state index contributed by atoms with van der Waals surface area (Å²) in [5.74, 6) is 2.49. The first-order chi connectivity index (χ1) is 12.2. The predicted molar refractivity (Wildman–Crippen MR) is 107 cm³/mol. The fourth-order valence-electron chi connectivity index (χ4n) is 1.96. The van der Waals surface area contributed by atoms with Gasteiger partial charge >= 0.3 is 0 Å². The minimum absolute atomic E-state index is 0.613. The molecule has 3 aromatic rings. The molecule has 0 aliphatic heterocycles. The number of ether oxygens (including phenoxy) is 2. The van der Waals surface area contributed by atoms with Crippen molar-refractivity contribution in [3.8, 4) is 11.5 Å². The second kappa shape index (κ2) is 9.07. The number of anilines is 2. The van der Waals surface area contributed by atoms with E-state index in [2.05, 4.69) is 31.4 Å². The maximum atomic E-state index is 5.71. The summed E-state index contributed by atoms with van der Waals surface area (Å²) >= 11 is 6.58. The summed E-state index contributed by atoms with van der Waals surface area (Å²) in [5, 5.41) is 12.3. The Morgan fingerprint density at radius 2 is 1.96 bits per heavy atom. The van der Waals surface area contributed by atoms with Crippen molar-refractivity contribution < 1.29 is 9.47 Å². The van der Waals surface area contributed by atoms with E-state index in [0.717, 1.165) is 36.9 Å². The fraction of sp³-hybridized carbons (Fsp3) is 0.176. The van der Waals surface area contributed by atoms with Crippen molar-refractivity contribution in [2.24, 2.45) is 0 Å². The van der Waals surface area contributed by atoms with Gasteiger partial charge in [0.1, 0.15) is 11.5 Å². The van der Waals surface area contributed by atoms with Gasteiger partial charge in [-0.1, -0.05) is 45.1 Å². The highest BCUT2D eigenvalue weighted by atomic mass is 79.9. The van der Waals surface area contributed by atoms with Crippen LogP contribution in [0.25, 0.3) is 0 Å². The number of rotatable bonds is 8. The van der Waals surface area contributed by atoms with Crippen molar-refractivity contribution in [2.75, 3.05) is 24.8 Å². The summed E-state index contributed by atoms with van der Waals surface area (Å²) in [7, 11) is 1.65. The zero-order valence-electron chi connectivity index (χ0n) is 13.4. The third kappa shape index (κ3) is 5.62. The highest BCUT2D eigenvalue weighted by Gasteiger charge is 2.05. The minimum Gasteiger partial charge on any atom is -0.497 e. The topological polar surface area (TPSA) is 56.3 Å². The van der Waals surface area contributed by atoms with Gasteiger partial charge in [-0.2, -0.15) is 0 Å². The van der Waals surface area contributed by atoms with Crippen LogP contribution in [-0.4, -0.2) is 29.7 Å². The molecular weight excluding hydrogens is 422 g/mol. The standard InChI is InChI=1S/C17H16BrN3O2S2/c1-22-14-7-5-13(6-8-14)19-16-20-21-17(25-16)24-10-9-23-15-4-2-3-12(18)11-15/h2-8,11H,9-10H2,1H3,(H,19,20). The molecule has 0 saturated carbocycles. The quantitative estimate of drug-likeness (QED) is 0.384. The Morgan fingerprint density at radius 3 is 2.72 bits per heavy atom. The van der Waals surface area contributed by atoms with Crippen LogP contribution in [-0.2, 0) is 0 Å². The zero-order valence-corrected chi connectivity index (χ0v) is 16.7. The van der Waals surface area contributed by atoms with E-state index in [1.54, 1.807) is 18.9 Å². The van der Waals surface area contributed by atoms with Gasteiger partial charge in [-0.3, -0.25) is 0 Å². The first-order valence-electron chi connectivity index (χ1n) is 7.49. The van der Waals surface area contributed by atoms with Gasteiger partial charge in [-0.05, 0) is 42.5 Å². The van der Waals surface area contributed by atoms with Gasteiger partial charge in [0.2, 0.25) is 5.13 Å². The number of thioether (sulfide) groups is 1. The molecular formula is C17H16BrN3O2S2. The number of hydrogen-bond acceptors (Lipinski definition) is 7. The number of methoxy groups -OCH3 is 1. The average Bonchev–Trinajstić information content (AvgIpc) is 3.07. The first-order valence-corrected chi connectivity index (χ1v) is 10.1. The van der Waals surface area contributed by atoms with E-state index in [1.807, 2.05) is 48.5 Å². The molecule has 0 atom stereocenters. The molecule has 0 radical (unpaired) electrons. The molecule has 0 fully saturated rings. The Labute approximate surface area is 162 Å². The SMILES string of the molecule is COc1ccc(Nc2nnc(SCCOc3cccc(Br)c3)s2)cc1. The summed E-state index contributed by atoms with van der Waals surface area (Å²) in [6.45, 7) is 0.613. The first kappa shape index (κ1) is 18.0. The lowest BCUT2D eigenvalue weighted by molar-refractivity contribution is 0.344. The summed E-state index contributed by atoms with van der Waals surface area (Å²) in [5.41, 5.74) is 0.950. The van der Waals surface area contributed by atoms with Crippen molar-refractivity contribution in [1.82, 2.24) is 10.2 Å². The van der Waals surface area contributed by atoms with Crippen molar-refractivity contribution in [2.45, 2.75) is 4.34 Å². The van der Waals surface area contributed by atoms with Crippen LogP contribution in [0.1, 0.15) is 0 Å². The van der Waals surface area contributed by atoms with E-state index in [-0.39, 0.29) is 0 Å². The molecule has 2 aromatic carbocycles. The van der Waals surface area contributed by atoms with E-state index in [4.69, 9.17) is 9.47 Å². The Kier molecular flexibility index (Phi) is 6.55. The lowest BCUT2D eigenvalue weighted by Crippen LogP contribution is -1.99. The van der Waals surface area contributed by atoms with Crippen LogP contribution in [0.15, 0.2) is 57.3 Å². The van der Waals surface area contributed by atoms with Crippen LogP contribution in [0.3, 0.4) is 0 Å². The van der Waals surface area contributed by atoms with Gasteiger partial charge in [-0.25, -0.2) is 0 Å². The zero-order chi connectivity index (χ0) is 17.5. The molecule has 0 aliphatic carbocycles. The molecule has 130 valence electrons. The average molecular weight is 438 g/mol. The van der Waals surface area contributed by atoms with Crippen molar-refractivity contribution in [3.63, 3.8) is 0 Å². The highest BCUT2D eigenvalue weighted by Crippen LogP contribution is 2.28. The van der Waals surface area contributed by atoms with E-state index < -0.39 is 0 Å². The molecule has 1 aromatic heterocycles. The molecule has 8 heteroatoms. The Morgan fingerprint density at radius 1 is 1.12 bits per heavy atom. The molecule has 0 saturated heterocycles. The van der Waals surface area contributed by atoms with E-state index in [9.17, 15) is 0 Å².